The Balaban J connectivity index is 4.44. The zero-order valence-corrected chi connectivity index (χ0v) is 6.78. The summed E-state index contributed by atoms with van der Waals surface area (Å²) >= 11 is 0. The minimum absolute atomic E-state index is 1.03. The highest BCUT2D eigenvalue weighted by Gasteiger charge is 2.62. The standard InChI is InChI=1S/C6H7F5O2/c1-3(2)4(12)13-6(10,11)5(7,8)9/h3H,1-2H3. The minimum atomic E-state index is -5.86. The molecule has 2 nitrogen and oxygen atoms in total. The predicted octanol–water partition coefficient (Wildman–Crippen LogP) is 2.34. The highest BCUT2D eigenvalue weighted by molar-refractivity contribution is 5.71. The van der Waals surface area contributed by atoms with Crippen LogP contribution in [0.3, 0.4) is 0 Å². The first-order chi connectivity index (χ1) is 5.58. The highest BCUT2D eigenvalue weighted by Crippen LogP contribution is 2.36. The molecule has 0 saturated heterocycles. The third-order valence-electron chi connectivity index (χ3n) is 1.03. The first kappa shape index (κ1) is 12.1. The summed E-state index contributed by atoms with van der Waals surface area (Å²) in [6, 6.07) is 0. The molecule has 0 aliphatic rings. The normalized spacial score (nSPS) is 13.2. The second-order valence-electron chi connectivity index (χ2n) is 2.59. The smallest absolute Gasteiger partial charge is 0.394 e. The van der Waals surface area contributed by atoms with E-state index in [0.717, 1.165) is 13.8 Å². The van der Waals surface area contributed by atoms with Crippen LogP contribution in [0.1, 0.15) is 13.8 Å². The summed E-state index contributed by atoms with van der Waals surface area (Å²) in [5, 5.41) is 0. The molecule has 0 unspecified atom stereocenters. The van der Waals surface area contributed by atoms with Gasteiger partial charge in [-0.25, -0.2) is 0 Å². The molecule has 0 bridgehead atoms. The molecule has 78 valence electrons. The number of rotatable bonds is 2. The van der Waals surface area contributed by atoms with Gasteiger partial charge in [-0.3, -0.25) is 4.79 Å². The third-order valence-corrected chi connectivity index (χ3v) is 1.03. The Morgan fingerprint density at radius 3 is 1.77 bits per heavy atom. The number of hydrogen-bond donors (Lipinski definition) is 0. The van der Waals surface area contributed by atoms with Crippen molar-refractivity contribution < 1.29 is 31.5 Å². The van der Waals surface area contributed by atoms with E-state index >= 15 is 0 Å². The molecular formula is C6H7F5O2. The van der Waals surface area contributed by atoms with Gasteiger partial charge < -0.3 is 4.74 Å². The van der Waals surface area contributed by atoms with Crippen LogP contribution in [0.25, 0.3) is 0 Å². The molecule has 0 aromatic heterocycles. The summed E-state index contributed by atoms with van der Waals surface area (Å²) < 4.78 is 61.2. The van der Waals surface area contributed by atoms with Crippen LogP contribution in [-0.4, -0.2) is 18.3 Å². The van der Waals surface area contributed by atoms with E-state index in [9.17, 15) is 26.7 Å². The highest BCUT2D eigenvalue weighted by atomic mass is 19.4. The van der Waals surface area contributed by atoms with Gasteiger partial charge in [-0.2, -0.15) is 22.0 Å². The van der Waals surface area contributed by atoms with Crippen molar-refractivity contribution in [3.8, 4) is 0 Å². The number of carbonyl (C=O) groups is 1. The van der Waals surface area contributed by atoms with E-state index in [1.165, 1.54) is 0 Å². The van der Waals surface area contributed by atoms with Gasteiger partial charge in [0, 0.05) is 0 Å². The van der Waals surface area contributed by atoms with Crippen molar-refractivity contribution >= 4 is 5.97 Å². The lowest BCUT2D eigenvalue weighted by Gasteiger charge is -2.19. The first-order valence-corrected chi connectivity index (χ1v) is 3.25. The Morgan fingerprint density at radius 1 is 1.15 bits per heavy atom. The molecule has 0 heterocycles. The Labute approximate surface area is 70.7 Å². The molecule has 13 heavy (non-hydrogen) atoms. The number of hydrogen-bond acceptors (Lipinski definition) is 2. The molecule has 0 N–H and O–H groups in total. The van der Waals surface area contributed by atoms with Gasteiger partial charge in [-0.05, 0) is 0 Å². The van der Waals surface area contributed by atoms with Gasteiger partial charge in [-0.15, -0.1) is 0 Å². The van der Waals surface area contributed by atoms with Crippen molar-refractivity contribution in [2.45, 2.75) is 26.1 Å². The maximum atomic E-state index is 12.0. The molecule has 7 heteroatoms. The molecule has 0 atom stereocenters. The minimum Gasteiger partial charge on any atom is -0.394 e. The van der Waals surface area contributed by atoms with Gasteiger partial charge in [0.25, 0.3) is 0 Å². The number of ether oxygens (including phenoxy) is 1. The van der Waals surface area contributed by atoms with E-state index in [0.29, 0.717) is 0 Å². The maximum Gasteiger partial charge on any atom is 0.501 e. The predicted molar refractivity (Wildman–Crippen MR) is 31.9 cm³/mol. The molecule has 0 radical (unpaired) electrons. The molecule has 0 aliphatic heterocycles. The van der Waals surface area contributed by atoms with Crippen LogP contribution in [0.5, 0.6) is 0 Å². The van der Waals surface area contributed by atoms with E-state index in [4.69, 9.17) is 0 Å². The number of esters is 1. The molecule has 0 spiro atoms. The average Bonchev–Trinajstić information content (AvgIpc) is 1.83. The fraction of sp³-hybridized carbons (Fsp3) is 0.833. The summed E-state index contributed by atoms with van der Waals surface area (Å²) in [6.07, 6.45) is -11.3. The van der Waals surface area contributed by atoms with E-state index in [1.807, 2.05) is 0 Å². The first-order valence-electron chi connectivity index (χ1n) is 3.25. The quantitative estimate of drug-likeness (QED) is 0.512. The van der Waals surface area contributed by atoms with Gasteiger partial charge in [0.2, 0.25) is 0 Å². The number of halogens is 5. The van der Waals surface area contributed by atoms with E-state index in [2.05, 4.69) is 4.74 Å². The van der Waals surface area contributed by atoms with Gasteiger partial charge in [-0.1, -0.05) is 13.8 Å². The van der Waals surface area contributed by atoms with Crippen LogP contribution < -0.4 is 0 Å². The summed E-state index contributed by atoms with van der Waals surface area (Å²) in [7, 11) is 0. The summed E-state index contributed by atoms with van der Waals surface area (Å²) in [5.74, 6) is -2.63. The Morgan fingerprint density at radius 2 is 1.54 bits per heavy atom. The van der Waals surface area contributed by atoms with Gasteiger partial charge in [0.15, 0.2) is 0 Å². The lowest BCUT2D eigenvalue weighted by atomic mass is 10.2. The summed E-state index contributed by atoms with van der Waals surface area (Å²) in [5.41, 5.74) is 0. The lowest BCUT2D eigenvalue weighted by molar-refractivity contribution is -0.377. The Kier molecular flexibility index (Phi) is 3.23. The van der Waals surface area contributed by atoms with Crippen molar-refractivity contribution in [3.05, 3.63) is 0 Å². The second-order valence-corrected chi connectivity index (χ2v) is 2.59. The van der Waals surface area contributed by atoms with Crippen molar-refractivity contribution in [1.82, 2.24) is 0 Å². The number of alkyl halides is 5. The largest absolute Gasteiger partial charge is 0.501 e. The fourth-order valence-corrected chi connectivity index (χ4v) is 0.302. The molecular weight excluding hydrogens is 199 g/mol. The summed E-state index contributed by atoms with van der Waals surface area (Å²) in [4.78, 5) is 10.4. The molecule has 0 fully saturated rings. The van der Waals surface area contributed by atoms with E-state index < -0.39 is 24.2 Å². The monoisotopic (exact) mass is 206 g/mol. The third kappa shape index (κ3) is 3.16. The maximum absolute atomic E-state index is 12.0. The molecule has 0 aliphatic carbocycles. The topological polar surface area (TPSA) is 26.3 Å². The molecule has 0 aromatic rings. The fourth-order valence-electron chi connectivity index (χ4n) is 0.302. The summed E-state index contributed by atoms with van der Waals surface area (Å²) in [6.45, 7) is 2.30. The average molecular weight is 206 g/mol. The van der Waals surface area contributed by atoms with Gasteiger partial charge in [0.1, 0.15) is 0 Å². The van der Waals surface area contributed by atoms with Crippen LogP contribution >= 0.6 is 0 Å². The zero-order chi connectivity index (χ0) is 10.9. The van der Waals surface area contributed by atoms with Crippen LogP contribution in [0, 0.1) is 5.92 Å². The SMILES string of the molecule is CC(C)C(=O)OC(F)(F)C(F)(F)F. The van der Waals surface area contributed by atoms with Gasteiger partial charge >= 0.3 is 18.3 Å². The lowest BCUT2D eigenvalue weighted by Crippen LogP contribution is -2.41. The van der Waals surface area contributed by atoms with Crippen LogP contribution in [0.2, 0.25) is 0 Å². The van der Waals surface area contributed by atoms with Crippen molar-refractivity contribution in [2.24, 2.45) is 5.92 Å². The second kappa shape index (κ2) is 3.47. The molecule has 0 amide bonds. The van der Waals surface area contributed by atoms with Crippen molar-refractivity contribution in [1.29, 1.82) is 0 Å². The van der Waals surface area contributed by atoms with Crippen LogP contribution in [0.15, 0.2) is 0 Å². The number of carbonyl (C=O) groups excluding carboxylic acids is 1. The van der Waals surface area contributed by atoms with Crippen LogP contribution in [-0.2, 0) is 9.53 Å². The van der Waals surface area contributed by atoms with E-state index in [-0.39, 0.29) is 0 Å². The van der Waals surface area contributed by atoms with E-state index in [1.54, 1.807) is 0 Å². The van der Waals surface area contributed by atoms with Crippen molar-refractivity contribution in [3.63, 3.8) is 0 Å². The molecule has 0 rings (SSSR count). The van der Waals surface area contributed by atoms with Crippen LogP contribution in [0.4, 0.5) is 22.0 Å². The van der Waals surface area contributed by atoms with Crippen molar-refractivity contribution in [2.75, 3.05) is 0 Å². The molecule has 0 aromatic carbocycles. The molecule has 0 saturated carbocycles. The zero-order valence-electron chi connectivity index (χ0n) is 6.78. The Bertz CT molecular complexity index is 196. The van der Waals surface area contributed by atoms with Gasteiger partial charge in [0.05, 0.1) is 5.92 Å². The Hall–Kier alpha value is -0.880.